The van der Waals surface area contributed by atoms with E-state index in [0.29, 0.717) is 12.4 Å². The lowest BCUT2D eigenvalue weighted by Crippen LogP contribution is -2.60. The quantitative estimate of drug-likeness (QED) is 0.833. The molecule has 25 heavy (non-hydrogen) atoms. The summed E-state index contributed by atoms with van der Waals surface area (Å²) in [6.07, 6.45) is 9.00. The van der Waals surface area contributed by atoms with E-state index in [9.17, 15) is 9.59 Å². The topological polar surface area (TPSA) is 74.7 Å². The summed E-state index contributed by atoms with van der Waals surface area (Å²) in [4.78, 5) is 34.9. The standard InChI is InChI=1S/C19H22N4O2/c1-14-8-11-23-16(12-14)22-17(24)13-19(23,2)18(25)21-10-5-7-15-6-3-4-9-20-15/h3-4,6,8-9,11-12H,5,7,10,13H2,1-2H3,(H,21,25)/t19-/m1/s1. The molecule has 0 saturated heterocycles. The predicted octanol–water partition coefficient (Wildman–Crippen LogP) is 1.99. The van der Waals surface area contributed by atoms with E-state index < -0.39 is 5.54 Å². The van der Waals surface area contributed by atoms with E-state index in [4.69, 9.17) is 0 Å². The molecule has 6 heteroatoms. The number of amides is 2. The molecule has 0 fully saturated rings. The fourth-order valence-electron chi connectivity index (χ4n) is 3.04. The minimum atomic E-state index is -0.952. The zero-order chi connectivity index (χ0) is 17.9. The molecule has 0 bridgehead atoms. The summed E-state index contributed by atoms with van der Waals surface area (Å²) in [6, 6.07) is 5.81. The highest BCUT2D eigenvalue weighted by atomic mass is 16.2. The van der Waals surface area contributed by atoms with Gasteiger partial charge < -0.3 is 10.2 Å². The number of hydrogen-bond acceptors (Lipinski definition) is 4. The van der Waals surface area contributed by atoms with Gasteiger partial charge in [0.2, 0.25) is 5.91 Å². The van der Waals surface area contributed by atoms with Crippen molar-refractivity contribution in [2.75, 3.05) is 6.54 Å². The van der Waals surface area contributed by atoms with Gasteiger partial charge >= 0.3 is 0 Å². The summed E-state index contributed by atoms with van der Waals surface area (Å²) < 4.78 is 0. The number of aryl methyl sites for hydroxylation is 1. The largest absolute Gasteiger partial charge is 0.354 e. The van der Waals surface area contributed by atoms with Crippen molar-refractivity contribution in [3.8, 4) is 0 Å². The number of rotatable bonds is 5. The van der Waals surface area contributed by atoms with Crippen LogP contribution in [0.4, 0.5) is 0 Å². The molecule has 0 radical (unpaired) electrons. The fourth-order valence-corrected chi connectivity index (χ4v) is 3.04. The lowest BCUT2D eigenvalue weighted by atomic mass is 9.90. The van der Waals surface area contributed by atoms with Crippen molar-refractivity contribution >= 4 is 17.6 Å². The lowest BCUT2D eigenvalue weighted by Gasteiger charge is -2.42. The summed E-state index contributed by atoms with van der Waals surface area (Å²) >= 11 is 0. The Balaban J connectivity index is 1.62. The van der Waals surface area contributed by atoms with Gasteiger partial charge in [0.15, 0.2) is 0 Å². The number of nitrogens with zero attached hydrogens (tertiary/aromatic N) is 3. The molecule has 2 aliphatic heterocycles. The summed E-state index contributed by atoms with van der Waals surface area (Å²) in [7, 11) is 0. The van der Waals surface area contributed by atoms with Crippen LogP contribution in [-0.2, 0) is 16.0 Å². The van der Waals surface area contributed by atoms with Crippen LogP contribution in [0, 0.1) is 0 Å². The second-order valence-electron chi connectivity index (χ2n) is 6.57. The van der Waals surface area contributed by atoms with E-state index >= 15 is 0 Å². The van der Waals surface area contributed by atoms with Gasteiger partial charge in [-0.15, -0.1) is 0 Å². The van der Waals surface area contributed by atoms with Gasteiger partial charge in [-0.2, -0.15) is 4.99 Å². The highest BCUT2D eigenvalue weighted by molar-refractivity contribution is 6.09. The van der Waals surface area contributed by atoms with Gasteiger partial charge in [0, 0.05) is 24.6 Å². The summed E-state index contributed by atoms with van der Waals surface area (Å²) in [5.41, 5.74) is 1.06. The van der Waals surface area contributed by atoms with Crippen molar-refractivity contribution in [2.24, 2.45) is 4.99 Å². The van der Waals surface area contributed by atoms with Crippen molar-refractivity contribution < 1.29 is 9.59 Å². The highest BCUT2D eigenvalue weighted by Gasteiger charge is 2.45. The van der Waals surface area contributed by atoms with Crippen LogP contribution in [0.15, 0.2) is 53.3 Å². The number of pyridine rings is 1. The zero-order valence-corrected chi connectivity index (χ0v) is 14.5. The first-order valence-corrected chi connectivity index (χ1v) is 8.44. The van der Waals surface area contributed by atoms with Crippen LogP contribution in [0.1, 0.15) is 32.4 Å². The molecule has 1 aromatic heterocycles. The monoisotopic (exact) mass is 338 g/mol. The maximum absolute atomic E-state index is 12.8. The molecule has 1 atom stereocenters. The lowest BCUT2D eigenvalue weighted by molar-refractivity contribution is -0.134. The predicted molar refractivity (Wildman–Crippen MR) is 95.8 cm³/mol. The molecule has 1 N–H and O–H groups in total. The molecule has 6 nitrogen and oxygen atoms in total. The Morgan fingerprint density at radius 1 is 1.40 bits per heavy atom. The van der Waals surface area contributed by atoms with E-state index in [0.717, 1.165) is 24.1 Å². The number of aliphatic imine (C=N–C) groups is 1. The van der Waals surface area contributed by atoms with Gasteiger partial charge in [-0.05, 0) is 56.5 Å². The first-order valence-electron chi connectivity index (χ1n) is 8.44. The first-order chi connectivity index (χ1) is 12.0. The van der Waals surface area contributed by atoms with Crippen molar-refractivity contribution in [3.63, 3.8) is 0 Å². The molecule has 0 spiro atoms. The number of nitrogens with one attached hydrogen (secondary N) is 1. The summed E-state index contributed by atoms with van der Waals surface area (Å²) in [6.45, 7) is 4.26. The van der Waals surface area contributed by atoms with Crippen LogP contribution in [-0.4, -0.2) is 39.6 Å². The van der Waals surface area contributed by atoms with Crippen LogP contribution in [0.5, 0.6) is 0 Å². The molecule has 0 unspecified atom stereocenters. The van der Waals surface area contributed by atoms with Crippen LogP contribution >= 0.6 is 0 Å². The van der Waals surface area contributed by atoms with Gasteiger partial charge in [0.1, 0.15) is 11.4 Å². The third-order valence-electron chi connectivity index (χ3n) is 4.47. The second-order valence-corrected chi connectivity index (χ2v) is 6.57. The highest BCUT2D eigenvalue weighted by Crippen LogP contribution is 2.29. The van der Waals surface area contributed by atoms with Gasteiger partial charge in [-0.1, -0.05) is 6.07 Å². The van der Waals surface area contributed by atoms with Gasteiger partial charge in [-0.3, -0.25) is 14.6 Å². The average molecular weight is 338 g/mol. The smallest absolute Gasteiger partial charge is 0.250 e. The van der Waals surface area contributed by atoms with Gasteiger partial charge in [0.25, 0.3) is 5.91 Å². The molecule has 3 heterocycles. The van der Waals surface area contributed by atoms with Crippen molar-refractivity contribution in [3.05, 3.63) is 54.0 Å². The SMILES string of the molecule is CC1=CC2=NC(=O)C[C@](C)(C(=O)NCCCc3ccccn3)N2C=C1. The molecule has 0 saturated carbocycles. The van der Waals surface area contributed by atoms with Gasteiger partial charge in [0.05, 0.1) is 6.42 Å². The third-order valence-corrected chi connectivity index (χ3v) is 4.47. The molecule has 0 aromatic carbocycles. The number of allylic oxidation sites excluding steroid dienone is 2. The Bertz CT molecular complexity index is 767. The maximum Gasteiger partial charge on any atom is 0.250 e. The minimum absolute atomic E-state index is 0.0692. The number of fused-ring (bicyclic) bond motifs is 1. The zero-order valence-electron chi connectivity index (χ0n) is 14.5. The van der Waals surface area contributed by atoms with Crippen molar-refractivity contribution in [1.29, 1.82) is 0 Å². The fraction of sp³-hybridized carbons (Fsp3) is 0.368. The van der Waals surface area contributed by atoms with Gasteiger partial charge in [-0.25, -0.2) is 0 Å². The van der Waals surface area contributed by atoms with Crippen molar-refractivity contribution in [2.45, 2.75) is 38.6 Å². The second kappa shape index (κ2) is 7.01. The number of aromatic nitrogens is 1. The Labute approximate surface area is 147 Å². The Morgan fingerprint density at radius 2 is 2.24 bits per heavy atom. The van der Waals surface area contributed by atoms with E-state index in [1.165, 1.54) is 0 Å². The minimum Gasteiger partial charge on any atom is -0.354 e. The van der Waals surface area contributed by atoms with E-state index in [-0.39, 0.29) is 18.2 Å². The normalized spacial score (nSPS) is 22.2. The first kappa shape index (κ1) is 17.1. The Morgan fingerprint density at radius 3 is 3.00 bits per heavy atom. The Hall–Kier alpha value is -2.76. The van der Waals surface area contributed by atoms with Crippen LogP contribution in [0.3, 0.4) is 0 Å². The van der Waals surface area contributed by atoms with E-state index in [1.807, 2.05) is 43.5 Å². The number of carbonyl (C=O) groups is 2. The van der Waals surface area contributed by atoms with Crippen LogP contribution in [0.2, 0.25) is 0 Å². The molecular formula is C19H22N4O2. The third kappa shape index (κ3) is 3.68. The molecule has 130 valence electrons. The Kier molecular flexibility index (Phi) is 4.79. The molecule has 1 aromatic rings. The van der Waals surface area contributed by atoms with Crippen LogP contribution in [0.25, 0.3) is 0 Å². The number of amidine groups is 1. The molecule has 2 aliphatic rings. The summed E-state index contributed by atoms with van der Waals surface area (Å²) in [5, 5.41) is 2.96. The number of hydrogen-bond donors (Lipinski definition) is 1. The van der Waals surface area contributed by atoms with Crippen LogP contribution < -0.4 is 5.32 Å². The molecular weight excluding hydrogens is 316 g/mol. The molecule has 2 amide bonds. The number of carbonyl (C=O) groups excluding carboxylic acids is 2. The van der Waals surface area contributed by atoms with Crippen molar-refractivity contribution in [1.82, 2.24) is 15.2 Å². The average Bonchev–Trinajstić information content (AvgIpc) is 2.58. The molecule has 0 aliphatic carbocycles. The summed E-state index contributed by atoms with van der Waals surface area (Å²) in [5.74, 6) is 0.103. The van der Waals surface area contributed by atoms with E-state index in [1.54, 1.807) is 18.0 Å². The van der Waals surface area contributed by atoms with E-state index in [2.05, 4.69) is 15.3 Å². The molecule has 3 rings (SSSR count). The maximum atomic E-state index is 12.8.